The van der Waals surface area contributed by atoms with Crippen LogP contribution in [0.4, 0.5) is 0 Å². The van der Waals surface area contributed by atoms with E-state index in [1.54, 1.807) is 17.0 Å². The number of nitrogens with zero attached hydrogens (tertiary/aromatic N) is 2. The molecule has 2 aliphatic heterocycles. The van der Waals surface area contributed by atoms with E-state index in [-0.39, 0.29) is 29.8 Å². The van der Waals surface area contributed by atoms with Gasteiger partial charge in [0.2, 0.25) is 5.91 Å². The largest absolute Gasteiger partial charge is 0.504 e. The Morgan fingerprint density at radius 1 is 1.22 bits per heavy atom. The first kappa shape index (κ1) is 23.3. The highest BCUT2D eigenvalue weighted by molar-refractivity contribution is 5.92. The Balaban J connectivity index is 1.30. The van der Waals surface area contributed by atoms with Gasteiger partial charge in [-0.3, -0.25) is 9.69 Å². The molecule has 6 heteroatoms. The molecule has 1 spiro atoms. The number of amides is 1. The number of aliphatic hydroxyl groups is 1. The molecular weight excluding hydrogens is 464 g/mol. The van der Waals surface area contributed by atoms with Gasteiger partial charge in [0.15, 0.2) is 11.5 Å². The van der Waals surface area contributed by atoms with E-state index in [0.29, 0.717) is 24.5 Å². The van der Waals surface area contributed by atoms with Crippen LogP contribution in [0.25, 0.3) is 6.08 Å². The zero-order valence-corrected chi connectivity index (χ0v) is 21.7. The van der Waals surface area contributed by atoms with E-state index in [1.165, 1.54) is 18.4 Å². The highest BCUT2D eigenvalue weighted by Crippen LogP contribution is 2.66. The fourth-order valence-electron chi connectivity index (χ4n) is 8.19. The summed E-state index contributed by atoms with van der Waals surface area (Å²) in [5.74, 6) is 1.33. The molecule has 2 saturated carbocycles. The second-order valence-electron chi connectivity index (χ2n) is 12.0. The lowest BCUT2D eigenvalue weighted by atomic mass is 9.47. The lowest BCUT2D eigenvalue weighted by Crippen LogP contribution is -2.81. The van der Waals surface area contributed by atoms with Crippen LogP contribution in [0.15, 0.2) is 42.5 Å². The summed E-state index contributed by atoms with van der Waals surface area (Å²) in [6.07, 6.45) is 8.74. The number of hydrogen-bond acceptors (Lipinski definition) is 5. The number of carbonyl (C=O) groups is 1. The number of rotatable bonds is 5. The third-order valence-electron chi connectivity index (χ3n) is 10.0. The monoisotopic (exact) mass is 500 g/mol. The summed E-state index contributed by atoms with van der Waals surface area (Å²) in [5.41, 5.74) is 2.56. The Morgan fingerprint density at radius 3 is 2.84 bits per heavy atom. The van der Waals surface area contributed by atoms with Crippen molar-refractivity contribution >= 4 is 12.0 Å². The van der Waals surface area contributed by atoms with Gasteiger partial charge in [0, 0.05) is 31.3 Å². The summed E-state index contributed by atoms with van der Waals surface area (Å²) < 4.78 is 6.46. The second-order valence-corrected chi connectivity index (χ2v) is 12.0. The topological polar surface area (TPSA) is 73.2 Å². The van der Waals surface area contributed by atoms with Crippen LogP contribution < -0.4 is 4.74 Å². The summed E-state index contributed by atoms with van der Waals surface area (Å²) >= 11 is 0. The Kier molecular flexibility index (Phi) is 5.09. The maximum atomic E-state index is 13.5. The number of piperidine rings is 1. The normalized spacial score (nSPS) is 33.8. The van der Waals surface area contributed by atoms with Gasteiger partial charge >= 0.3 is 0 Å². The minimum absolute atomic E-state index is 0.0859. The smallest absolute Gasteiger partial charge is 0.246 e. The van der Waals surface area contributed by atoms with Crippen LogP contribution in [0.2, 0.25) is 0 Å². The quantitative estimate of drug-likeness (QED) is 0.611. The van der Waals surface area contributed by atoms with Gasteiger partial charge in [0.05, 0.1) is 11.5 Å². The number of likely N-dealkylation sites (N-methyl/N-ethyl adjacent to an activating group) is 1. The summed E-state index contributed by atoms with van der Waals surface area (Å²) in [7, 11) is 1.85. The van der Waals surface area contributed by atoms with Crippen molar-refractivity contribution in [3.63, 3.8) is 0 Å². The van der Waals surface area contributed by atoms with Gasteiger partial charge < -0.3 is 19.8 Å². The number of phenolic OH excluding ortho intramolecular Hbond substituents is 1. The lowest BCUT2D eigenvalue weighted by molar-refractivity contribution is -0.217. The molecule has 2 N–H and O–H groups in total. The zero-order chi connectivity index (χ0) is 25.5. The number of aromatic hydroxyl groups is 1. The molecule has 0 aromatic heterocycles. The maximum absolute atomic E-state index is 13.5. The molecular formula is C31H36N2O4. The molecule has 0 unspecified atom stereocenters. The average Bonchev–Trinajstić information content (AvgIpc) is 3.63. The first-order valence-corrected chi connectivity index (χ1v) is 13.8. The van der Waals surface area contributed by atoms with Crippen LogP contribution in [0.3, 0.4) is 0 Å². The molecule has 2 aromatic carbocycles. The Labute approximate surface area is 218 Å². The standard InChI is InChI=1S/C31H36N2O4/c1-19-4-3-5-20(16-19)8-13-27(35)32(2)24-11-12-26-30-14-15-33(18-21-6-7-21)25(31(24,30)36)17-22-9-10-23(34)29(37-26)28(22)30/h3-5,8-10,13,16,21,24-26,34,36H,6-7,11-12,14-15,17-18H2,1-2H3/t24-,25-,26+,30-,31-/m1/s1. The van der Waals surface area contributed by atoms with Crippen LogP contribution >= 0.6 is 0 Å². The van der Waals surface area contributed by atoms with Crippen molar-refractivity contribution in [1.29, 1.82) is 0 Å². The molecule has 5 atom stereocenters. The summed E-state index contributed by atoms with van der Waals surface area (Å²) in [6, 6.07) is 11.4. The van der Waals surface area contributed by atoms with Gasteiger partial charge in [0.1, 0.15) is 11.7 Å². The van der Waals surface area contributed by atoms with Crippen molar-refractivity contribution in [2.75, 3.05) is 20.1 Å². The Bertz CT molecular complexity index is 1300. The van der Waals surface area contributed by atoms with E-state index in [0.717, 1.165) is 42.6 Å². The van der Waals surface area contributed by atoms with Gasteiger partial charge in [0.25, 0.3) is 0 Å². The fraction of sp³-hybridized carbons (Fsp3) is 0.516. The molecule has 3 aliphatic carbocycles. The molecule has 2 heterocycles. The molecule has 5 aliphatic rings. The van der Waals surface area contributed by atoms with Crippen LogP contribution in [0, 0.1) is 12.8 Å². The minimum atomic E-state index is -1.16. The third kappa shape index (κ3) is 3.21. The van der Waals surface area contributed by atoms with Crippen LogP contribution in [0.1, 0.15) is 54.4 Å². The summed E-state index contributed by atoms with van der Waals surface area (Å²) in [5, 5.41) is 23.8. The summed E-state index contributed by atoms with van der Waals surface area (Å²) in [6.45, 7) is 3.96. The average molecular weight is 501 g/mol. The van der Waals surface area contributed by atoms with Crippen molar-refractivity contribution in [2.24, 2.45) is 5.92 Å². The molecule has 1 amide bonds. The molecule has 0 radical (unpaired) electrons. The number of phenols is 1. The van der Waals surface area contributed by atoms with Crippen LogP contribution in [-0.2, 0) is 16.6 Å². The second kappa shape index (κ2) is 8.08. The maximum Gasteiger partial charge on any atom is 0.246 e. The van der Waals surface area contributed by atoms with E-state index in [4.69, 9.17) is 4.74 Å². The van der Waals surface area contributed by atoms with Gasteiger partial charge in [-0.15, -0.1) is 0 Å². The van der Waals surface area contributed by atoms with E-state index >= 15 is 0 Å². The highest BCUT2D eigenvalue weighted by atomic mass is 16.5. The molecule has 37 heavy (non-hydrogen) atoms. The molecule has 6 nitrogen and oxygen atoms in total. The molecule has 2 aromatic rings. The number of benzene rings is 2. The van der Waals surface area contributed by atoms with Gasteiger partial charge in [-0.1, -0.05) is 35.9 Å². The van der Waals surface area contributed by atoms with Crippen molar-refractivity contribution in [3.8, 4) is 11.5 Å². The number of hydrogen-bond donors (Lipinski definition) is 2. The van der Waals surface area contributed by atoms with E-state index in [1.807, 2.05) is 44.3 Å². The van der Waals surface area contributed by atoms with Gasteiger partial charge in [-0.05, 0) is 81.2 Å². The van der Waals surface area contributed by atoms with E-state index in [9.17, 15) is 15.0 Å². The Morgan fingerprint density at radius 2 is 2.05 bits per heavy atom. The fourth-order valence-corrected chi connectivity index (χ4v) is 8.19. The first-order chi connectivity index (χ1) is 17.8. The van der Waals surface area contributed by atoms with Crippen LogP contribution in [0.5, 0.6) is 11.5 Å². The zero-order valence-electron chi connectivity index (χ0n) is 21.7. The van der Waals surface area contributed by atoms with Gasteiger partial charge in [-0.2, -0.15) is 0 Å². The van der Waals surface area contributed by atoms with Crippen molar-refractivity contribution in [3.05, 3.63) is 64.7 Å². The van der Waals surface area contributed by atoms with Crippen LogP contribution in [-0.4, -0.2) is 69.8 Å². The van der Waals surface area contributed by atoms with Crippen molar-refractivity contribution in [2.45, 2.75) is 74.7 Å². The molecule has 2 bridgehead atoms. The number of likely N-dealkylation sites (tertiary alicyclic amines) is 1. The minimum Gasteiger partial charge on any atom is -0.504 e. The van der Waals surface area contributed by atoms with E-state index < -0.39 is 11.0 Å². The van der Waals surface area contributed by atoms with E-state index in [2.05, 4.69) is 11.0 Å². The third-order valence-corrected chi connectivity index (χ3v) is 10.0. The predicted octanol–water partition coefficient (Wildman–Crippen LogP) is 3.81. The predicted molar refractivity (Wildman–Crippen MR) is 142 cm³/mol. The first-order valence-electron chi connectivity index (χ1n) is 13.8. The summed E-state index contributed by atoms with van der Waals surface area (Å²) in [4.78, 5) is 17.8. The number of ether oxygens (including phenoxy) is 1. The molecule has 194 valence electrons. The molecule has 7 rings (SSSR count). The molecule has 3 fully saturated rings. The van der Waals surface area contributed by atoms with Gasteiger partial charge in [-0.25, -0.2) is 0 Å². The Hall–Kier alpha value is -2.83. The SMILES string of the molecule is Cc1cccc(C=CC(=O)N(C)[C@@H]2CC[C@@H]3Oc4c(O)ccc5c4[C@@]34CCN(CC3CC3)[C@H](C5)[C@]24O)c1. The number of aryl methyl sites for hydroxylation is 1. The number of carbonyl (C=O) groups excluding carboxylic acids is 1. The highest BCUT2D eigenvalue weighted by Gasteiger charge is 2.74. The van der Waals surface area contributed by atoms with Crippen molar-refractivity contribution < 1.29 is 19.7 Å². The van der Waals surface area contributed by atoms with Crippen molar-refractivity contribution in [1.82, 2.24) is 9.80 Å². The lowest BCUT2D eigenvalue weighted by Gasteiger charge is -2.66. The molecule has 1 saturated heterocycles.